The Morgan fingerprint density at radius 2 is 1.15 bits per heavy atom. The van der Waals surface area contributed by atoms with E-state index in [0.29, 0.717) is 28.5 Å². The lowest BCUT2D eigenvalue weighted by atomic mass is 10.2. The molecule has 1 aliphatic carbocycles. The predicted molar refractivity (Wildman–Crippen MR) is 101 cm³/mol. The van der Waals surface area contributed by atoms with Gasteiger partial charge in [0.25, 0.3) is 0 Å². The molecule has 2 atom stereocenters. The number of hydrogen-bond acceptors (Lipinski definition) is 3. The second kappa shape index (κ2) is 7.58. The maximum absolute atomic E-state index is 12.3. The van der Waals surface area contributed by atoms with Gasteiger partial charge in [-0.3, -0.25) is 14.4 Å². The van der Waals surface area contributed by atoms with E-state index >= 15 is 0 Å². The topological polar surface area (TPSA) is 87.3 Å². The van der Waals surface area contributed by atoms with Gasteiger partial charge in [0.05, 0.1) is 11.8 Å². The molecule has 0 aromatic heterocycles. The fraction of sp³-hybridized carbons (Fsp3) is 0.211. The van der Waals surface area contributed by atoms with E-state index < -0.39 is 0 Å². The fourth-order valence-corrected chi connectivity index (χ4v) is 2.74. The Morgan fingerprint density at radius 3 is 1.58 bits per heavy atom. The van der Waals surface area contributed by atoms with E-state index in [1.54, 1.807) is 48.5 Å². The minimum absolute atomic E-state index is 0.158. The quantitative estimate of drug-likeness (QED) is 0.751. The summed E-state index contributed by atoms with van der Waals surface area (Å²) in [5.41, 5.74) is 1.93. The van der Waals surface area contributed by atoms with Gasteiger partial charge in [0.2, 0.25) is 17.7 Å². The molecule has 7 heteroatoms. The Hall–Kier alpha value is -2.86. The molecule has 2 aromatic rings. The van der Waals surface area contributed by atoms with Crippen molar-refractivity contribution >= 4 is 46.4 Å². The van der Waals surface area contributed by atoms with Crippen LogP contribution in [0.3, 0.4) is 0 Å². The van der Waals surface area contributed by atoms with Crippen LogP contribution in [0.1, 0.15) is 13.3 Å². The smallest absolute Gasteiger partial charge is 0.228 e. The molecule has 0 heterocycles. The van der Waals surface area contributed by atoms with Crippen LogP contribution in [0.4, 0.5) is 17.1 Å². The Balaban J connectivity index is 1.51. The van der Waals surface area contributed by atoms with Gasteiger partial charge < -0.3 is 16.0 Å². The van der Waals surface area contributed by atoms with Gasteiger partial charge in [-0.25, -0.2) is 0 Å². The third-order valence-corrected chi connectivity index (χ3v) is 4.30. The zero-order valence-electron chi connectivity index (χ0n) is 14.1. The predicted octanol–water partition coefficient (Wildman–Crippen LogP) is 3.51. The van der Waals surface area contributed by atoms with Crippen LogP contribution in [0.15, 0.2) is 48.5 Å². The van der Waals surface area contributed by atoms with E-state index in [9.17, 15) is 14.4 Å². The lowest BCUT2D eigenvalue weighted by Crippen LogP contribution is -2.20. The molecule has 0 spiro atoms. The summed E-state index contributed by atoms with van der Waals surface area (Å²) in [5, 5.41) is 8.83. The zero-order chi connectivity index (χ0) is 18.7. The van der Waals surface area contributed by atoms with Gasteiger partial charge in [-0.15, -0.1) is 0 Å². The average molecular weight is 372 g/mol. The highest BCUT2D eigenvalue weighted by Gasteiger charge is 2.48. The summed E-state index contributed by atoms with van der Waals surface area (Å²) in [5.74, 6) is -1.18. The fourth-order valence-electron chi connectivity index (χ4n) is 2.62. The van der Waals surface area contributed by atoms with Crippen LogP contribution in [-0.4, -0.2) is 17.7 Å². The minimum Gasteiger partial charge on any atom is -0.326 e. The molecular weight excluding hydrogens is 354 g/mol. The lowest BCUT2D eigenvalue weighted by molar-refractivity contribution is -0.122. The molecule has 2 aromatic carbocycles. The van der Waals surface area contributed by atoms with E-state index in [-0.39, 0.29) is 29.6 Å². The molecule has 2 unspecified atom stereocenters. The molecule has 0 aliphatic heterocycles. The molecule has 3 amide bonds. The molecular formula is C19H18ClN3O3. The highest BCUT2D eigenvalue weighted by molar-refractivity contribution is 6.30. The number of halogens is 1. The zero-order valence-corrected chi connectivity index (χ0v) is 14.8. The van der Waals surface area contributed by atoms with Crippen molar-refractivity contribution in [1.82, 2.24) is 0 Å². The number of benzene rings is 2. The van der Waals surface area contributed by atoms with Crippen LogP contribution >= 0.6 is 11.6 Å². The second-order valence-corrected chi connectivity index (χ2v) is 6.63. The standard InChI is InChI=1S/C19H18ClN3O3/c1-11(24)21-13-6-8-15(9-7-13)23-19(26)17-10-16(17)18(25)22-14-4-2-12(20)3-5-14/h2-9,16-17H,10H2,1H3,(H,21,24)(H,22,25)(H,23,26). The van der Waals surface area contributed by atoms with Crippen LogP contribution in [0, 0.1) is 11.8 Å². The maximum Gasteiger partial charge on any atom is 0.228 e. The van der Waals surface area contributed by atoms with Crippen molar-refractivity contribution in [2.75, 3.05) is 16.0 Å². The summed E-state index contributed by atoms with van der Waals surface area (Å²) in [6.07, 6.45) is 0.523. The number of hydrogen-bond donors (Lipinski definition) is 3. The Bertz CT molecular complexity index is 834. The molecule has 3 N–H and O–H groups in total. The molecule has 0 bridgehead atoms. The summed E-state index contributed by atoms with van der Waals surface area (Å²) < 4.78 is 0. The van der Waals surface area contributed by atoms with Crippen molar-refractivity contribution in [2.45, 2.75) is 13.3 Å². The van der Waals surface area contributed by atoms with E-state index in [0.717, 1.165) is 0 Å². The minimum atomic E-state index is -0.336. The third kappa shape index (κ3) is 4.61. The van der Waals surface area contributed by atoms with Crippen molar-refractivity contribution in [1.29, 1.82) is 0 Å². The molecule has 1 fully saturated rings. The summed E-state index contributed by atoms with van der Waals surface area (Å²) in [6.45, 7) is 1.43. The molecule has 1 saturated carbocycles. The molecule has 1 aliphatic rings. The highest BCUT2D eigenvalue weighted by Crippen LogP contribution is 2.40. The molecule has 6 nitrogen and oxygen atoms in total. The van der Waals surface area contributed by atoms with Gasteiger partial charge in [-0.1, -0.05) is 11.6 Å². The first-order valence-corrected chi connectivity index (χ1v) is 8.55. The molecule has 3 rings (SSSR count). The summed E-state index contributed by atoms with van der Waals surface area (Å²) >= 11 is 5.81. The number of anilines is 3. The molecule has 134 valence electrons. The molecule has 0 radical (unpaired) electrons. The van der Waals surface area contributed by atoms with Gasteiger partial charge in [0.1, 0.15) is 0 Å². The number of carbonyl (C=O) groups excluding carboxylic acids is 3. The maximum atomic E-state index is 12.3. The number of nitrogens with one attached hydrogen (secondary N) is 3. The SMILES string of the molecule is CC(=O)Nc1ccc(NC(=O)C2CC2C(=O)Nc2ccc(Cl)cc2)cc1. The second-order valence-electron chi connectivity index (χ2n) is 6.19. The average Bonchev–Trinajstić information content (AvgIpc) is 3.39. The van der Waals surface area contributed by atoms with Gasteiger partial charge in [-0.2, -0.15) is 0 Å². The summed E-state index contributed by atoms with van der Waals surface area (Å²) in [7, 11) is 0. The van der Waals surface area contributed by atoms with Crippen LogP contribution in [0.2, 0.25) is 5.02 Å². The highest BCUT2D eigenvalue weighted by atomic mass is 35.5. The first-order chi connectivity index (χ1) is 12.4. The number of amides is 3. The van der Waals surface area contributed by atoms with Gasteiger partial charge >= 0.3 is 0 Å². The number of rotatable bonds is 5. The molecule has 26 heavy (non-hydrogen) atoms. The summed E-state index contributed by atoms with van der Waals surface area (Å²) in [4.78, 5) is 35.5. The van der Waals surface area contributed by atoms with Crippen molar-refractivity contribution < 1.29 is 14.4 Å². The van der Waals surface area contributed by atoms with Crippen LogP contribution in [-0.2, 0) is 14.4 Å². The monoisotopic (exact) mass is 371 g/mol. The largest absolute Gasteiger partial charge is 0.326 e. The van der Waals surface area contributed by atoms with Crippen LogP contribution in [0.5, 0.6) is 0 Å². The van der Waals surface area contributed by atoms with Crippen molar-refractivity contribution in [3.8, 4) is 0 Å². The first kappa shape index (κ1) is 17.9. The van der Waals surface area contributed by atoms with Crippen molar-refractivity contribution in [3.05, 3.63) is 53.6 Å². The Labute approximate surface area is 155 Å². The van der Waals surface area contributed by atoms with Gasteiger partial charge in [0.15, 0.2) is 0 Å². The van der Waals surface area contributed by atoms with E-state index in [1.807, 2.05) is 0 Å². The normalized spacial score (nSPS) is 17.9. The summed E-state index contributed by atoms with van der Waals surface area (Å²) in [6, 6.07) is 13.6. The van der Waals surface area contributed by atoms with Crippen LogP contribution in [0.25, 0.3) is 0 Å². The molecule has 0 saturated heterocycles. The van der Waals surface area contributed by atoms with E-state index in [1.165, 1.54) is 6.92 Å². The van der Waals surface area contributed by atoms with E-state index in [4.69, 9.17) is 11.6 Å². The first-order valence-electron chi connectivity index (χ1n) is 8.17. The Morgan fingerprint density at radius 1 is 0.769 bits per heavy atom. The van der Waals surface area contributed by atoms with Crippen molar-refractivity contribution in [2.24, 2.45) is 11.8 Å². The van der Waals surface area contributed by atoms with Gasteiger partial charge in [-0.05, 0) is 55.0 Å². The van der Waals surface area contributed by atoms with Crippen molar-refractivity contribution in [3.63, 3.8) is 0 Å². The van der Waals surface area contributed by atoms with Crippen LogP contribution < -0.4 is 16.0 Å². The van der Waals surface area contributed by atoms with E-state index in [2.05, 4.69) is 16.0 Å². The Kier molecular flexibility index (Phi) is 5.23. The van der Waals surface area contributed by atoms with Gasteiger partial charge in [0, 0.05) is 29.0 Å². The lowest BCUT2D eigenvalue weighted by Gasteiger charge is -2.07. The number of carbonyl (C=O) groups is 3. The third-order valence-electron chi connectivity index (χ3n) is 4.05.